The minimum absolute atomic E-state index is 0.00872. The molecule has 6 rings (SSSR count). The Hall–Kier alpha value is -2.57. The molecule has 3 saturated carbocycles. The number of carbonyl (C=O) groups excluding carboxylic acids is 3. The first-order valence-electron chi connectivity index (χ1n) is 14.2. The summed E-state index contributed by atoms with van der Waals surface area (Å²) in [5.41, 5.74) is -0.117. The van der Waals surface area contributed by atoms with Crippen LogP contribution in [-0.2, 0) is 23.6 Å². The third kappa shape index (κ3) is 5.43. The smallest absolute Gasteiger partial charge is 0.404 e. The molecular weight excluding hydrogens is 501 g/mol. The predicted octanol–water partition coefficient (Wildman–Crippen LogP) is 1.38. The van der Waals surface area contributed by atoms with E-state index in [-0.39, 0.29) is 29.5 Å². The lowest BCUT2D eigenvalue weighted by Crippen LogP contribution is -2.65. The van der Waals surface area contributed by atoms with Gasteiger partial charge in [0.25, 0.3) is 5.91 Å². The summed E-state index contributed by atoms with van der Waals surface area (Å²) >= 11 is 0. The number of aromatic nitrogens is 2. The monoisotopic (exact) mass is 541 g/mol. The first-order chi connectivity index (χ1) is 18.6. The van der Waals surface area contributed by atoms with E-state index in [0.29, 0.717) is 44.6 Å². The highest BCUT2D eigenvalue weighted by Gasteiger charge is 2.68. The summed E-state index contributed by atoms with van der Waals surface area (Å²) in [6.45, 7) is 10.6. The molecule has 0 aromatic carbocycles. The summed E-state index contributed by atoms with van der Waals surface area (Å²) in [6.07, 6.45) is 7.53. The standard InChI is InChI=1S/C27H40BN5O6/c1-5-6-22(28-38-21-14-17-13-20(26(17,2)3)27(21,4)39-28)32-24(35)18(15-23(34)33-9-11-37-12-10-33)31-25(36)19-16-29-7-8-30-19/h7-8,16-18,20-22H,5-6,9-15H2,1-4H3,(H,31,36)(H,32,35)/t17-,18?,20-,21+,22?,27-/m0/s1. The molecule has 2 N–H and O–H groups in total. The maximum Gasteiger partial charge on any atom is 0.481 e. The van der Waals surface area contributed by atoms with Crippen LogP contribution in [0.4, 0.5) is 0 Å². The van der Waals surface area contributed by atoms with Gasteiger partial charge in [0.1, 0.15) is 11.7 Å². The molecule has 6 atom stereocenters. The van der Waals surface area contributed by atoms with E-state index in [9.17, 15) is 14.4 Å². The zero-order valence-electron chi connectivity index (χ0n) is 23.4. The van der Waals surface area contributed by atoms with E-state index in [0.717, 1.165) is 19.3 Å². The van der Waals surface area contributed by atoms with E-state index in [1.165, 1.54) is 18.6 Å². The SMILES string of the molecule is CCCC(NC(=O)C(CC(=O)N1CCOCC1)NC(=O)c1cnccn1)B1O[C@@H]2C[C@@H]3C[C@@H](C3(C)C)[C@]2(C)O1. The molecule has 1 aromatic heterocycles. The van der Waals surface area contributed by atoms with Gasteiger partial charge in [-0.3, -0.25) is 19.4 Å². The molecule has 3 heterocycles. The number of ether oxygens (including phenoxy) is 1. The van der Waals surface area contributed by atoms with Crippen LogP contribution in [0.5, 0.6) is 0 Å². The van der Waals surface area contributed by atoms with Crippen molar-refractivity contribution >= 4 is 24.8 Å². The Bertz CT molecular complexity index is 1070. The minimum Gasteiger partial charge on any atom is -0.404 e. The molecule has 3 aliphatic carbocycles. The van der Waals surface area contributed by atoms with Crippen LogP contribution in [-0.4, -0.2) is 89.7 Å². The van der Waals surface area contributed by atoms with E-state index >= 15 is 0 Å². The summed E-state index contributed by atoms with van der Waals surface area (Å²) in [7, 11) is -0.592. The second-order valence-electron chi connectivity index (χ2n) is 12.1. The number of amides is 3. The van der Waals surface area contributed by atoms with Crippen LogP contribution >= 0.6 is 0 Å². The second kappa shape index (κ2) is 11.1. The highest BCUT2D eigenvalue weighted by molar-refractivity contribution is 6.48. The van der Waals surface area contributed by atoms with Crippen molar-refractivity contribution in [3.05, 3.63) is 24.3 Å². The minimum atomic E-state index is -1.10. The van der Waals surface area contributed by atoms with Gasteiger partial charge in [0, 0.05) is 25.5 Å². The zero-order chi connectivity index (χ0) is 27.8. The first-order valence-corrected chi connectivity index (χ1v) is 14.2. The van der Waals surface area contributed by atoms with E-state index < -0.39 is 36.5 Å². The van der Waals surface area contributed by atoms with Gasteiger partial charge >= 0.3 is 7.12 Å². The number of hydrogen-bond acceptors (Lipinski definition) is 8. The fourth-order valence-corrected chi connectivity index (χ4v) is 6.92. The van der Waals surface area contributed by atoms with Gasteiger partial charge in [0.05, 0.1) is 43.5 Å². The van der Waals surface area contributed by atoms with Gasteiger partial charge in [-0.15, -0.1) is 0 Å². The van der Waals surface area contributed by atoms with E-state index in [1.807, 2.05) is 6.92 Å². The number of hydrogen-bond donors (Lipinski definition) is 2. The maximum atomic E-state index is 13.7. The lowest BCUT2D eigenvalue weighted by molar-refractivity contribution is -0.199. The van der Waals surface area contributed by atoms with Crippen LogP contribution in [0, 0.1) is 17.3 Å². The third-order valence-electron chi connectivity index (χ3n) is 9.38. The Morgan fingerprint density at radius 3 is 2.59 bits per heavy atom. The number of nitrogens with one attached hydrogen (secondary N) is 2. The van der Waals surface area contributed by atoms with Crippen molar-refractivity contribution in [2.75, 3.05) is 26.3 Å². The number of carbonyl (C=O) groups is 3. The van der Waals surface area contributed by atoms with Gasteiger partial charge in [-0.1, -0.05) is 27.2 Å². The molecule has 5 fully saturated rings. The van der Waals surface area contributed by atoms with Gasteiger partial charge in [0.2, 0.25) is 11.8 Å². The van der Waals surface area contributed by atoms with Crippen molar-refractivity contribution in [3.8, 4) is 0 Å². The average Bonchev–Trinajstić information content (AvgIpc) is 3.30. The number of morpholine rings is 1. The Labute approximate surface area is 230 Å². The summed E-state index contributed by atoms with van der Waals surface area (Å²) in [6, 6.07) is -1.10. The molecule has 0 spiro atoms. The quantitative estimate of drug-likeness (QED) is 0.449. The lowest BCUT2D eigenvalue weighted by Gasteiger charge is -2.64. The van der Waals surface area contributed by atoms with Crippen LogP contribution in [0.1, 0.15) is 70.3 Å². The van der Waals surface area contributed by atoms with E-state index in [4.69, 9.17) is 14.0 Å². The Balaban J connectivity index is 1.30. The topological polar surface area (TPSA) is 132 Å². The highest BCUT2D eigenvalue weighted by atomic mass is 16.7. The summed E-state index contributed by atoms with van der Waals surface area (Å²) in [4.78, 5) is 49.3. The van der Waals surface area contributed by atoms with Crippen LogP contribution < -0.4 is 10.6 Å². The molecule has 39 heavy (non-hydrogen) atoms. The Morgan fingerprint density at radius 2 is 1.92 bits per heavy atom. The Kier molecular flexibility index (Phi) is 7.99. The second-order valence-corrected chi connectivity index (χ2v) is 12.1. The van der Waals surface area contributed by atoms with Gasteiger partial charge in [0.15, 0.2) is 0 Å². The molecule has 212 valence electrons. The normalized spacial score (nSPS) is 30.5. The van der Waals surface area contributed by atoms with Crippen molar-refractivity contribution in [2.24, 2.45) is 17.3 Å². The summed E-state index contributed by atoms with van der Waals surface area (Å²) in [5, 5.41) is 5.78. The van der Waals surface area contributed by atoms with Crippen molar-refractivity contribution in [2.45, 2.75) is 83.5 Å². The van der Waals surface area contributed by atoms with Crippen molar-refractivity contribution in [1.82, 2.24) is 25.5 Å². The zero-order valence-corrected chi connectivity index (χ0v) is 23.4. The average molecular weight is 541 g/mol. The van der Waals surface area contributed by atoms with Crippen LogP contribution in [0.25, 0.3) is 0 Å². The molecular formula is C27H40BN5O6. The molecule has 11 nitrogen and oxygen atoms in total. The molecule has 2 bridgehead atoms. The van der Waals surface area contributed by atoms with E-state index in [2.05, 4.69) is 41.4 Å². The van der Waals surface area contributed by atoms with Crippen molar-refractivity contribution < 1.29 is 28.4 Å². The van der Waals surface area contributed by atoms with Gasteiger partial charge in [-0.25, -0.2) is 4.98 Å². The van der Waals surface area contributed by atoms with Gasteiger partial charge in [-0.2, -0.15) is 0 Å². The van der Waals surface area contributed by atoms with Gasteiger partial charge in [-0.05, 0) is 43.4 Å². The third-order valence-corrected chi connectivity index (χ3v) is 9.38. The molecule has 12 heteroatoms. The molecule has 2 aliphatic heterocycles. The first kappa shape index (κ1) is 28.0. The van der Waals surface area contributed by atoms with Crippen molar-refractivity contribution in [1.29, 1.82) is 0 Å². The number of nitrogens with zero attached hydrogens (tertiary/aromatic N) is 3. The van der Waals surface area contributed by atoms with Crippen LogP contribution in [0.15, 0.2) is 18.6 Å². The van der Waals surface area contributed by atoms with Crippen LogP contribution in [0.3, 0.4) is 0 Å². The maximum absolute atomic E-state index is 13.7. The fraction of sp³-hybridized carbons (Fsp3) is 0.741. The molecule has 2 saturated heterocycles. The lowest BCUT2D eigenvalue weighted by atomic mass is 9.43. The highest BCUT2D eigenvalue weighted by Crippen LogP contribution is 2.65. The van der Waals surface area contributed by atoms with Crippen LogP contribution in [0.2, 0.25) is 0 Å². The fourth-order valence-electron chi connectivity index (χ4n) is 6.92. The summed E-state index contributed by atoms with van der Waals surface area (Å²) < 4.78 is 18.4. The van der Waals surface area contributed by atoms with Gasteiger partial charge < -0.3 is 29.6 Å². The molecule has 5 aliphatic rings. The van der Waals surface area contributed by atoms with E-state index in [1.54, 1.807) is 4.90 Å². The number of rotatable bonds is 9. The molecule has 0 radical (unpaired) electrons. The summed E-state index contributed by atoms with van der Waals surface area (Å²) in [5.74, 6) is -0.641. The van der Waals surface area contributed by atoms with Crippen molar-refractivity contribution in [3.63, 3.8) is 0 Å². The molecule has 2 unspecified atom stereocenters. The predicted molar refractivity (Wildman–Crippen MR) is 142 cm³/mol. The molecule has 1 aromatic rings. The Morgan fingerprint density at radius 1 is 1.15 bits per heavy atom. The largest absolute Gasteiger partial charge is 0.481 e. The molecule has 3 amide bonds.